The second-order valence-electron chi connectivity index (χ2n) is 5.19. The lowest BCUT2D eigenvalue weighted by atomic mass is 10.0. The van der Waals surface area contributed by atoms with Crippen molar-refractivity contribution in [3.63, 3.8) is 0 Å². The topological polar surface area (TPSA) is 103 Å². The number of carboxylic acids is 1. The highest BCUT2D eigenvalue weighted by molar-refractivity contribution is 7.89. The molecule has 2 unspecified atom stereocenters. The number of aromatic carboxylic acids is 1. The summed E-state index contributed by atoms with van der Waals surface area (Å²) < 4.78 is 24.5. The Labute approximate surface area is 118 Å². The number of carbonyl (C=O) groups is 1. The molecule has 8 heteroatoms. The fraction of sp³-hybridized carbons (Fsp3) is 0.583. The number of hydrogen-bond acceptors (Lipinski definition) is 4. The average molecular weight is 301 g/mol. The number of H-pyrrole nitrogens is 1. The number of hydrazine groups is 1. The molecule has 20 heavy (non-hydrogen) atoms. The Morgan fingerprint density at radius 1 is 1.40 bits per heavy atom. The lowest BCUT2D eigenvalue weighted by Crippen LogP contribution is -2.53. The molecule has 2 atom stereocenters. The highest BCUT2D eigenvalue weighted by Gasteiger charge is 2.29. The number of hydrogen-bond donors (Lipinski definition) is 3. The minimum atomic E-state index is -3.76. The zero-order valence-electron chi connectivity index (χ0n) is 11.5. The number of aromatic nitrogens is 1. The molecule has 1 saturated heterocycles. The molecular formula is C12H19N3O4S. The monoisotopic (exact) mass is 301 g/mol. The lowest BCUT2D eigenvalue weighted by Gasteiger charge is -2.38. The summed E-state index contributed by atoms with van der Waals surface area (Å²) in [5.74, 6) is -1.19. The van der Waals surface area contributed by atoms with E-state index in [0.717, 1.165) is 25.3 Å². The SMILES string of the molecule is CC1CCCC(C)N1NS(=O)(=O)c1c[nH]c(C(=O)O)c1. The standard InChI is InChI=1S/C12H19N3O4S/c1-8-4-3-5-9(2)15(8)14-20(18,19)10-6-11(12(16)17)13-7-10/h6-9,13-14H,3-5H2,1-2H3,(H,16,17). The van der Waals surface area contributed by atoms with Crippen LogP contribution in [0.3, 0.4) is 0 Å². The number of aromatic amines is 1. The predicted octanol–water partition coefficient (Wildman–Crippen LogP) is 1.17. The van der Waals surface area contributed by atoms with E-state index in [2.05, 4.69) is 9.82 Å². The van der Waals surface area contributed by atoms with Gasteiger partial charge < -0.3 is 10.1 Å². The van der Waals surface area contributed by atoms with Crippen molar-refractivity contribution < 1.29 is 18.3 Å². The van der Waals surface area contributed by atoms with Gasteiger partial charge in [0.05, 0.1) is 0 Å². The third-order valence-electron chi connectivity index (χ3n) is 3.62. The largest absolute Gasteiger partial charge is 0.477 e. The summed E-state index contributed by atoms with van der Waals surface area (Å²) in [7, 11) is -3.76. The molecule has 0 bridgehead atoms. The van der Waals surface area contributed by atoms with Gasteiger partial charge in [-0.05, 0) is 32.8 Å². The van der Waals surface area contributed by atoms with E-state index in [-0.39, 0.29) is 22.7 Å². The van der Waals surface area contributed by atoms with E-state index in [1.807, 2.05) is 13.8 Å². The number of sulfonamides is 1. The van der Waals surface area contributed by atoms with Gasteiger partial charge in [-0.1, -0.05) is 6.42 Å². The molecule has 0 aromatic carbocycles. The van der Waals surface area contributed by atoms with Crippen molar-refractivity contribution in [3.8, 4) is 0 Å². The molecule has 1 aliphatic rings. The first-order chi connectivity index (χ1) is 9.31. The minimum absolute atomic E-state index is 0.0696. The highest BCUT2D eigenvalue weighted by Crippen LogP contribution is 2.22. The van der Waals surface area contributed by atoms with E-state index in [1.165, 1.54) is 6.20 Å². The van der Waals surface area contributed by atoms with E-state index in [4.69, 9.17) is 5.11 Å². The van der Waals surface area contributed by atoms with Gasteiger partial charge in [-0.2, -0.15) is 0 Å². The molecule has 1 aromatic heterocycles. The van der Waals surface area contributed by atoms with Crippen LogP contribution >= 0.6 is 0 Å². The van der Waals surface area contributed by atoms with Gasteiger partial charge in [0, 0.05) is 18.3 Å². The van der Waals surface area contributed by atoms with Gasteiger partial charge in [-0.3, -0.25) is 0 Å². The Balaban J connectivity index is 2.19. The van der Waals surface area contributed by atoms with E-state index < -0.39 is 16.0 Å². The van der Waals surface area contributed by atoms with Gasteiger partial charge in [0.2, 0.25) is 0 Å². The fourth-order valence-corrected chi connectivity index (χ4v) is 3.68. The summed E-state index contributed by atoms with van der Waals surface area (Å²) in [5.41, 5.74) is -0.148. The van der Waals surface area contributed by atoms with Crippen molar-refractivity contribution in [2.24, 2.45) is 0 Å². The number of piperidine rings is 1. The lowest BCUT2D eigenvalue weighted by molar-refractivity contribution is 0.0691. The second-order valence-corrected chi connectivity index (χ2v) is 6.85. The third-order valence-corrected chi connectivity index (χ3v) is 4.92. The number of nitrogens with one attached hydrogen (secondary N) is 2. The highest BCUT2D eigenvalue weighted by atomic mass is 32.2. The summed E-state index contributed by atoms with van der Waals surface area (Å²) in [6, 6.07) is 1.35. The Morgan fingerprint density at radius 2 is 2.00 bits per heavy atom. The van der Waals surface area contributed by atoms with Crippen LogP contribution in [0, 0.1) is 0 Å². The van der Waals surface area contributed by atoms with Crippen LogP contribution in [0.25, 0.3) is 0 Å². The first kappa shape index (κ1) is 15.0. The van der Waals surface area contributed by atoms with Crippen LogP contribution in [0.15, 0.2) is 17.2 Å². The van der Waals surface area contributed by atoms with Gasteiger partial charge >= 0.3 is 5.97 Å². The fourth-order valence-electron chi connectivity index (χ4n) is 2.45. The zero-order chi connectivity index (χ0) is 14.9. The average Bonchev–Trinajstić information content (AvgIpc) is 2.84. The van der Waals surface area contributed by atoms with E-state index >= 15 is 0 Å². The summed E-state index contributed by atoms with van der Waals surface area (Å²) >= 11 is 0. The molecule has 0 aliphatic carbocycles. The smallest absolute Gasteiger partial charge is 0.352 e. The number of rotatable bonds is 4. The van der Waals surface area contributed by atoms with Crippen LogP contribution < -0.4 is 4.83 Å². The Hall–Kier alpha value is -1.38. The van der Waals surface area contributed by atoms with Gasteiger partial charge in [-0.25, -0.2) is 18.2 Å². The van der Waals surface area contributed by atoms with Crippen molar-refractivity contribution in [1.82, 2.24) is 14.8 Å². The molecule has 2 rings (SSSR count). The van der Waals surface area contributed by atoms with E-state index in [1.54, 1.807) is 5.01 Å². The van der Waals surface area contributed by atoms with Crippen molar-refractivity contribution in [2.75, 3.05) is 0 Å². The van der Waals surface area contributed by atoms with Crippen LogP contribution in [0.4, 0.5) is 0 Å². The Kier molecular flexibility index (Phi) is 4.17. The molecule has 7 nitrogen and oxygen atoms in total. The van der Waals surface area contributed by atoms with Crippen molar-refractivity contribution in [3.05, 3.63) is 18.0 Å². The minimum Gasteiger partial charge on any atom is -0.477 e. The molecule has 0 spiro atoms. The van der Waals surface area contributed by atoms with Crippen LogP contribution in [-0.2, 0) is 10.0 Å². The zero-order valence-corrected chi connectivity index (χ0v) is 12.3. The van der Waals surface area contributed by atoms with Crippen LogP contribution in [0.5, 0.6) is 0 Å². The molecule has 1 fully saturated rings. The molecule has 112 valence electrons. The molecule has 3 N–H and O–H groups in total. The van der Waals surface area contributed by atoms with Crippen LogP contribution in [-0.4, -0.2) is 41.6 Å². The molecule has 0 saturated carbocycles. The predicted molar refractivity (Wildman–Crippen MR) is 72.7 cm³/mol. The summed E-state index contributed by atoms with van der Waals surface area (Å²) in [6.07, 6.45) is 4.12. The number of carboxylic acid groups (broad SMARTS) is 1. The normalized spacial score (nSPS) is 24.7. The van der Waals surface area contributed by atoms with Gasteiger partial charge in [0.25, 0.3) is 10.0 Å². The van der Waals surface area contributed by atoms with Crippen molar-refractivity contribution in [1.29, 1.82) is 0 Å². The third kappa shape index (κ3) is 3.02. The first-order valence-corrected chi connectivity index (χ1v) is 8.02. The van der Waals surface area contributed by atoms with Crippen LogP contribution in [0.1, 0.15) is 43.6 Å². The molecule has 1 aliphatic heterocycles. The van der Waals surface area contributed by atoms with E-state index in [0.29, 0.717) is 0 Å². The molecule has 1 aromatic rings. The Morgan fingerprint density at radius 3 is 2.50 bits per heavy atom. The van der Waals surface area contributed by atoms with Crippen molar-refractivity contribution in [2.45, 2.75) is 50.1 Å². The van der Waals surface area contributed by atoms with Gasteiger partial charge in [0.15, 0.2) is 0 Å². The van der Waals surface area contributed by atoms with Gasteiger partial charge in [-0.15, -0.1) is 4.83 Å². The maximum absolute atomic E-state index is 12.3. The quantitative estimate of drug-likeness (QED) is 0.774. The molecule has 0 radical (unpaired) electrons. The summed E-state index contributed by atoms with van der Waals surface area (Å²) in [6.45, 7) is 3.94. The molecule has 0 amide bonds. The Bertz CT molecular complexity index is 586. The first-order valence-electron chi connectivity index (χ1n) is 6.54. The summed E-state index contributed by atoms with van der Waals surface area (Å²) in [4.78, 5) is 15.7. The van der Waals surface area contributed by atoms with E-state index in [9.17, 15) is 13.2 Å². The van der Waals surface area contributed by atoms with Crippen molar-refractivity contribution >= 4 is 16.0 Å². The maximum Gasteiger partial charge on any atom is 0.352 e. The van der Waals surface area contributed by atoms with Gasteiger partial charge in [0.1, 0.15) is 10.6 Å². The summed E-state index contributed by atoms with van der Waals surface area (Å²) in [5, 5.41) is 10.5. The maximum atomic E-state index is 12.3. The second kappa shape index (κ2) is 5.55. The molecule has 2 heterocycles. The van der Waals surface area contributed by atoms with Crippen LogP contribution in [0.2, 0.25) is 0 Å². The molecular weight excluding hydrogens is 282 g/mol. The number of nitrogens with zero attached hydrogens (tertiary/aromatic N) is 1.